The Morgan fingerprint density at radius 1 is 0.800 bits per heavy atom. The normalized spacial score (nSPS) is 41.0. The first-order valence-corrected chi connectivity index (χ1v) is 23.4. The van der Waals surface area contributed by atoms with Crippen molar-refractivity contribution in [1.29, 1.82) is 0 Å². The minimum Gasteiger partial charge on any atom is -0.455 e. The fourth-order valence-electron chi connectivity index (χ4n) is 14.6. The van der Waals surface area contributed by atoms with Crippen LogP contribution in [0.15, 0.2) is 30.3 Å². The summed E-state index contributed by atoms with van der Waals surface area (Å²) in [4.78, 5) is 31.0. The van der Waals surface area contributed by atoms with Crippen molar-refractivity contribution in [3.05, 3.63) is 35.9 Å². The van der Waals surface area contributed by atoms with E-state index in [0.29, 0.717) is 31.5 Å². The van der Waals surface area contributed by atoms with Crippen molar-refractivity contribution in [2.24, 2.45) is 34.5 Å². The number of aliphatic hydroxyl groups excluding tert-OH is 2. The molecular formula is C48H75NO11. The lowest BCUT2D eigenvalue weighted by molar-refractivity contribution is -0.323. The summed E-state index contributed by atoms with van der Waals surface area (Å²) in [5, 5.41) is 38.3. The summed E-state index contributed by atoms with van der Waals surface area (Å²) in [6.45, 7) is 5.68. The van der Waals surface area contributed by atoms with Crippen LogP contribution in [0.25, 0.3) is 0 Å². The Hall–Kier alpha value is -2.16. The molecule has 1 aromatic carbocycles. The van der Waals surface area contributed by atoms with Gasteiger partial charge < -0.3 is 43.7 Å². The molecule has 0 amide bonds. The molecule has 338 valence electrons. The molecule has 15 unspecified atom stereocenters. The highest BCUT2D eigenvalue weighted by molar-refractivity contribution is 5.89. The maximum atomic E-state index is 14.5. The molecule has 15 atom stereocenters. The summed E-state index contributed by atoms with van der Waals surface area (Å²) >= 11 is 0. The number of likely N-dealkylation sites (tertiary alicyclic amines) is 1. The Morgan fingerprint density at radius 2 is 1.43 bits per heavy atom. The number of esters is 2. The average Bonchev–Trinajstić information content (AvgIpc) is 3.62. The SMILES string of the molecule is CCCCCCCCCCCCCCCC(=O)OC12C(O)C(OC)C3(O)CC(C1C3OC(=O)c1ccccc1)C13C(OC)CC(O)C4(COC)CN(CC)C1C2C(OC)C43. The lowest BCUT2D eigenvalue weighted by atomic mass is 9.42. The summed E-state index contributed by atoms with van der Waals surface area (Å²) in [5.74, 6) is -3.47. The number of hydrogen-bond acceptors (Lipinski definition) is 12. The van der Waals surface area contributed by atoms with Crippen molar-refractivity contribution in [1.82, 2.24) is 4.90 Å². The minimum absolute atomic E-state index is 0.0881. The fraction of sp³-hybridized carbons (Fsp3) is 0.833. The lowest BCUT2D eigenvalue weighted by Gasteiger charge is -2.70. The molecule has 5 aliphatic carbocycles. The standard InChI is InChI=1S/C48H75NO11/c1-7-9-10-11-12-13-14-15-16-17-18-19-23-26-35(51)60-48-36-32(28-46(54,43(58-6)41(48)52)42(36)59-44(53)31-24-21-20-22-25-31)47-34(56-4)27-33(50)45(30-55-3)29-49(8-2)40(47)37(48)38(57-5)39(45)47/h20-22,24-25,32-34,36-43,50,52,54H,7-19,23,26-30H2,1-6H3. The second-order valence-corrected chi connectivity index (χ2v) is 19.3. The van der Waals surface area contributed by atoms with Gasteiger partial charge in [-0.1, -0.05) is 109 Å². The molecule has 1 spiro atoms. The predicted molar refractivity (Wildman–Crippen MR) is 225 cm³/mol. The molecule has 7 rings (SSSR count). The number of fused-ring (bicyclic) bond motifs is 2. The van der Waals surface area contributed by atoms with Crippen molar-refractivity contribution in [2.45, 2.75) is 170 Å². The van der Waals surface area contributed by atoms with Gasteiger partial charge in [0.15, 0.2) is 5.60 Å². The summed E-state index contributed by atoms with van der Waals surface area (Å²) in [6, 6.07) is 8.32. The van der Waals surface area contributed by atoms with Crippen LogP contribution in [0.5, 0.6) is 0 Å². The van der Waals surface area contributed by atoms with Crippen LogP contribution in [0, 0.1) is 34.5 Å². The molecule has 12 nitrogen and oxygen atoms in total. The molecule has 6 fully saturated rings. The number of aliphatic hydroxyl groups is 3. The van der Waals surface area contributed by atoms with E-state index in [2.05, 4.69) is 18.7 Å². The van der Waals surface area contributed by atoms with Crippen LogP contribution in [-0.4, -0.2) is 134 Å². The highest BCUT2D eigenvalue weighted by Crippen LogP contribution is 2.80. The maximum absolute atomic E-state index is 14.5. The van der Waals surface area contributed by atoms with Crippen LogP contribution in [0.3, 0.4) is 0 Å². The zero-order valence-corrected chi connectivity index (χ0v) is 37.2. The van der Waals surface area contributed by atoms with Gasteiger partial charge in [-0.2, -0.15) is 0 Å². The largest absolute Gasteiger partial charge is 0.455 e. The van der Waals surface area contributed by atoms with Gasteiger partial charge in [-0.3, -0.25) is 9.69 Å². The van der Waals surface area contributed by atoms with Gasteiger partial charge >= 0.3 is 11.9 Å². The number of rotatable bonds is 23. The molecule has 60 heavy (non-hydrogen) atoms. The first-order chi connectivity index (χ1) is 29.0. The summed E-state index contributed by atoms with van der Waals surface area (Å²) in [7, 11) is 6.41. The molecule has 3 N–H and O–H groups in total. The van der Waals surface area contributed by atoms with E-state index in [1.807, 2.05) is 6.07 Å². The number of ether oxygens (including phenoxy) is 6. The molecule has 0 radical (unpaired) electrons. The first-order valence-electron chi connectivity index (χ1n) is 23.4. The molecule has 12 heteroatoms. The number of benzene rings is 1. The third kappa shape index (κ3) is 7.10. The molecule has 7 bridgehead atoms. The van der Waals surface area contributed by atoms with Crippen LogP contribution in [0.4, 0.5) is 0 Å². The molecule has 1 heterocycles. The number of methoxy groups -OCH3 is 4. The molecule has 1 aliphatic heterocycles. The van der Waals surface area contributed by atoms with E-state index in [-0.39, 0.29) is 31.4 Å². The van der Waals surface area contributed by atoms with E-state index in [1.165, 1.54) is 64.9 Å². The van der Waals surface area contributed by atoms with Crippen molar-refractivity contribution >= 4 is 11.9 Å². The van der Waals surface area contributed by atoms with Gasteiger partial charge in [0, 0.05) is 82.5 Å². The Labute approximate surface area is 358 Å². The third-order valence-electron chi connectivity index (χ3n) is 16.6. The van der Waals surface area contributed by atoms with Crippen LogP contribution < -0.4 is 0 Å². The second kappa shape index (κ2) is 18.9. The third-order valence-corrected chi connectivity index (χ3v) is 16.6. The van der Waals surface area contributed by atoms with E-state index in [0.717, 1.165) is 19.3 Å². The van der Waals surface area contributed by atoms with Crippen LogP contribution in [0.1, 0.15) is 127 Å². The molecule has 1 saturated heterocycles. The molecule has 1 aromatic rings. The number of hydrogen-bond donors (Lipinski definition) is 3. The average molecular weight is 842 g/mol. The quantitative estimate of drug-likeness (QED) is 0.0861. The van der Waals surface area contributed by atoms with Gasteiger partial charge in [-0.15, -0.1) is 0 Å². The van der Waals surface area contributed by atoms with Gasteiger partial charge in [0.1, 0.15) is 23.9 Å². The first kappa shape index (κ1) is 45.9. The van der Waals surface area contributed by atoms with Crippen molar-refractivity contribution in [3.8, 4) is 0 Å². The zero-order chi connectivity index (χ0) is 42.9. The Balaban J connectivity index is 1.23. The number of unbranched alkanes of at least 4 members (excludes halogenated alkanes) is 12. The van der Waals surface area contributed by atoms with Crippen LogP contribution >= 0.6 is 0 Å². The van der Waals surface area contributed by atoms with E-state index in [4.69, 9.17) is 28.4 Å². The number of piperidine rings is 1. The van der Waals surface area contributed by atoms with Crippen LogP contribution in [-0.2, 0) is 33.2 Å². The lowest BCUT2D eigenvalue weighted by Crippen LogP contribution is -2.81. The van der Waals surface area contributed by atoms with Gasteiger partial charge in [-0.05, 0) is 37.4 Å². The van der Waals surface area contributed by atoms with Gasteiger partial charge in [0.05, 0.1) is 30.5 Å². The van der Waals surface area contributed by atoms with Crippen molar-refractivity contribution in [3.63, 3.8) is 0 Å². The molecule has 6 aliphatic rings. The Morgan fingerprint density at radius 3 is 2.00 bits per heavy atom. The molecule has 5 saturated carbocycles. The van der Waals surface area contributed by atoms with Crippen LogP contribution in [0.2, 0.25) is 0 Å². The zero-order valence-electron chi connectivity index (χ0n) is 37.2. The monoisotopic (exact) mass is 842 g/mol. The van der Waals surface area contributed by atoms with Gasteiger partial charge in [0.2, 0.25) is 0 Å². The summed E-state index contributed by atoms with van der Waals surface area (Å²) in [6.07, 6.45) is 10.0. The number of carbonyl (C=O) groups excluding carboxylic acids is 2. The van der Waals surface area contributed by atoms with Gasteiger partial charge in [0.25, 0.3) is 0 Å². The van der Waals surface area contributed by atoms with E-state index >= 15 is 0 Å². The van der Waals surface area contributed by atoms with Crippen molar-refractivity contribution < 1.29 is 53.3 Å². The highest BCUT2D eigenvalue weighted by atomic mass is 16.6. The Bertz CT molecular complexity index is 1600. The topological polar surface area (TPSA) is 153 Å². The second-order valence-electron chi connectivity index (χ2n) is 19.3. The highest BCUT2D eigenvalue weighted by Gasteiger charge is 2.92. The summed E-state index contributed by atoms with van der Waals surface area (Å²) < 4.78 is 38.7. The smallest absolute Gasteiger partial charge is 0.338 e. The molecule has 0 aromatic heterocycles. The van der Waals surface area contributed by atoms with E-state index < -0.39 is 88.3 Å². The van der Waals surface area contributed by atoms with E-state index in [9.17, 15) is 24.9 Å². The predicted octanol–water partition coefficient (Wildman–Crippen LogP) is 6.11. The fourth-order valence-corrected chi connectivity index (χ4v) is 14.6. The molecular weight excluding hydrogens is 767 g/mol. The maximum Gasteiger partial charge on any atom is 0.338 e. The van der Waals surface area contributed by atoms with E-state index in [1.54, 1.807) is 45.6 Å². The van der Waals surface area contributed by atoms with Gasteiger partial charge in [-0.25, -0.2) is 4.79 Å². The van der Waals surface area contributed by atoms with Crippen molar-refractivity contribution in [2.75, 3.05) is 48.1 Å². The summed E-state index contributed by atoms with van der Waals surface area (Å²) in [5.41, 5.74) is -4.82. The Kier molecular flexibility index (Phi) is 14.4. The number of nitrogens with zero attached hydrogens (tertiary/aromatic N) is 1. The number of carbonyl (C=O) groups is 2. The minimum atomic E-state index is -1.84.